The van der Waals surface area contributed by atoms with Crippen LogP contribution in [-0.4, -0.2) is 11.7 Å². The summed E-state index contributed by atoms with van der Waals surface area (Å²) in [6, 6.07) is 6.38. The molecule has 1 saturated carbocycles. The summed E-state index contributed by atoms with van der Waals surface area (Å²) in [4.78, 5) is 10.8. The van der Waals surface area contributed by atoms with Crippen LogP contribution in [0.25, 0.3) is 0 Å². The van der Waals surface area contributed by atoms with E-state index in [4.69, 9.17) is 17.3 Å². The average Bonchev–Trinajstić information content (AvgIpc) is 2.45. The Hall–Kier alpha value is -0.670. The van der Waals surface area contributed by atoms with E-state index in [2.05, 4.69) is 25.1 Å². The number of rotatable bonds is 5. The summed E-state index contributed by atoms with van der Waals surface area (Å²) in [6.07, 6.45) is 6.49. The highest BCUT2D eigenvalue weighted by Gasteiger charge is 2.19. The van der Waals surface area contributed by atoms with Gasteiger partial charge in [0.2, 0.25) is 5.91 Å². The molecule has 0 bridgehead atoms. The normalized spacial score (nSPS) is 17.9. The minimum absolute atomic E-state index is 0.236. The molecule has 1 unspecified atom stereocenters. The minimum atomic E-state index is -0.272. The first-order valence-corrected chi connectivity index (χ1v) is 8.70. The van der Waals surface area contributed by atoms with Gasteiger partial charge < -0.3 is 5.73 Å². The van der Waals surface area contributed by atoms with Crippen molar-refractivity contribution in [3.63, 3.8) is 0 Å². The summed E-state index contributed by atoms with van der Waals surface area (Å²) in [6.45, 7) is 2.08. The van der Waals surface area contributed by atoms with Crippen molar-refractivity contribution in [2.24, 2.45) is 5.73 Å². The molecule has 4 heteroatoms. The van der Waals surface area contributed by atoms with E-state index in [0.717, 1.165) is 5.02 Å². The zero-order valence-corrected chi connectivity index (χ0v) is 13.5. The Labute approximate surface area is 130 Å². The van der Waals surface area contributed by atoms with Crippen LogP contribution in [-0.2, 0) is 4.79 Å². The molecule has 2 N–H and O–H groups in total. The molecule has 1 aromatic rings. The van der Waals surface area contributed by atoms with E-state index in [9.17, 15) is 4.79 Å². The summed E-state index contributed by atoms with van der Waals surface area (Å²) in [5.41, 5.74) is 7.65. The fraction of sp³-hybridized carbons (Fsp3) is 0.562. The Bertz CT molecular complexity index is 472. The maximum atomic E-state index is 10.8. The lowest BCUT2D eigenvalue weighted by atomic mass is 9.84. The van der Waals surface area contributed by atoms with Gasteiger partial charge in [-0.3, -0.25) is 4.79 Å². The van der Waals surface area contributed by atoms with E-state index in [0.29, 0.717) is 11.7 Å². The Morgan fingerprint density at radius 1 is 1.40 bits per heavy atom. The number of nitrogens with two attached hydrogens (primary N) is 1. The van der Waals surface area contributed by atoms with Crippen LogP contribution in [0, 0.1) is 0 Å². The molecule has 110 valence electrons. The third kappa shape index (κ3) is 4.16. The van der Waals surface area contributed by atoms with Gasteiger partial charge >= 0.3 is 0 Å². The summed E-state index contributed by atoms with van der Waals surface area (Å²) in [7, 11) is 0. The summed E-state index contributed by atoms with van der Waals surface area (Å²) >= 11 is 8.02. The number of hydrogen-bond acceptors (Lipinski definition) is 2. The van der Waals surface area contributed by atoms with Gasteiger partial charge in [-0.15, -0.1) is 11.8 Å². The third-order valence-corrected chi connectivity index (χ3v) is 5.57. The molecule has 1 amide bonds. The van der Waals surface area contributed by atoms with Gasteiger partial charge in [0.25, 0.3) is 0 Å². The van der Waals surface area contributed by atoms with Crippen molar-refractivity contribution in [3.8, 4) is 0 Å². The molecular weight excluding hydrogens is 290 g/mol. The molecule has 1 fully saturated rings. The summed E-state index contributed by atoms with van der Waals surface area (Å²) in [5, 5.41) is 1.11. The van der Waals surface area contributed by atoms with Crippen molar-refractivity contribution in [1.82, 2.24) is 0 Å². The van der Waals surface area contributed by atoms with Crippen molar-refractivity contribution in [1.29, 1.82) is 0 Å². The summed E-state index contributed by atoms with van der Waals surface area (Å²) in [5.74, 6) is 0.703. The van der Waals surface area contributed by atoms with Crippen LogP contribution in [0.1, 0.15) is 61.3 Å². The quantitative estimate of drug-likeness (QED) is 0.859. The Morgan fingerprint density at radius 2 is 2.10 bits per heavy atom. The Balaban J connectivity index is 2.06. The van der Waals surface area contributed by atoms with Crippen LogP contribution in [0.5, 0.6) is 0 Å². The highest BCUT2D eigenvalue weighted by molar-refractivity contribution is 8.00. The van der Waals surface area contributed by atoms with Gasteiger partial charge in [0.05, 0.1) is 5.75 Å². The van der Waals surface area contributed by atoms with Crippen molar-refractivity contribution < 1.29 is 4.79 Å². The first-order valence-electron chi connectivity index (χ1n) is 7.27. The first kappa shape index (κ1) is 15.7. The molecule has 1 aliphatic carbocycles. The number of amides is 1. The molecule has 2 nitrogen and oxygen atoms in total. The van der Waals surface area contributed by atoms with Gasteiger partial charge in [-0.05, 0) is 42.9 Å². The van der Waals surface area contributed by atoms with E-state index >= 15 is 0 Å². The molecule has 1 aliphatic rings. The standard InChI is InChI=1S/C16H22ClNOS/c1-11(20-10-16(18)19)13-7-8-14(15(17)9-13)12-5-3-2-4-6-12/h7-9,11-12H,2-6,10H2,1H3,(H2,18,19). The van der Waals surface area contributed by atoms with Gasteiger partial charge in [0, 0.05) is 10.3 Å². The van der Waals surface area contributed by atoms with Crippen LogP contribution in [0.3, 0.4) is 0 Å². The average molecular weight is 312 g/mol. The number of carbonyl (C=O) groups excluding carboxylic acids is 1. The minimum Gasteiger partial charge on any atom is -0.369 e. The van der Waals surface area contributed by atoms with Crippen LogP contribution < -0.4 is 5.73 Å². The molecular formula is C16H22ClNOS. The van der Waals surface area contributed by atoms with E-state index in [1.54, 1.807) is 11.8 Å². The van der Waals surface area contributed by atoms with Gasteiger partial charge in [-0.1, -0.05) is 43.0 Å². The van der Waals surface area contributed by atoms with Gasteiger partial charge in [-0.2, -0.15) is 0 Å². The summed E-state index contributed by atoms with van der Waals surface area (Å²) < 4.78 is 0. The number of hydrogen-bond donors (Lipinski definition) is 1. The van der Waals surface area contributed by atoms with Crippen molar-refractivity contribution in [3.05, 3.63) is 34.3 Å². The monoisotopic (exact) mass is 311 g/mol. The zero-order valence-electron chi connectivity index (χ0n) is 11.9. The van der Waals surface area contributed by atoms with Crippen molar-refractivity contribution >= 4 is 29.3 Å². The lowest BCUT2D eigenvalue weighted by Gasteiger charge is -2.23. The number of primary amides is 1. The second kappa shape index (κ2) is 7.37. The molecule has 20 heavy (non-hydrogen) atoms. The largest absolute Gasteiger partial charge is 0.369 e. The van der Waals surface area contributed by atoms with Gasteiger partial charge in [0.15, 0.2) is 0 Å². The lowest BCUT2D eigenvalue weighted by Crippen LogP contribution is -2.13. The van der Waals surface area contributed by atoms with Crippen LogP contribution in [0.4, 0.5) is 0 Å². The topological polar surface area (TPSA) is 43.1 Å². The maximum absolute atomic E-state index is 10.8. The maximum Gasteiger partial charge on any atom is 0.227 e. The Morgan fingerprint density at radius 3 is 2.70 bits per heavy atom. The molecule has 1 aromatic carbocycles. The van der Waals surface area contributed by atoms with Crippen LogP contribution in [0.15, 0.2) is 18.2 Å². The van der Waals surface area contributed by atoms with Gasteiger partial charge in [-0.25, -0.2) is 0 Å². The third-order valence-electron chi connectivity index (χ3n) is 4.01. The lowest BCUT2D eigenvalue weighted by molar-refractivity contribution is -0.115. The Kier molecular flexibility index (Phi) is 5.79. The van der Waals surface area contributed by atoms with Crippen LogP contribution >= 0.6 is 23.4 Å². The van der Waals surface area contributed by atoms with E-state index in [-0.39, 0.29) is 11.2 Å². The molecule has 0 heterocycles. The second-order valence-corrected chi connectivity index (χ2v) is 7.27. The predicted octanol–water partition coefficient (Wildman–Crippen LogP) is 4.67. The predicted molar refractivity (Wildman–Crippen MR) is 87.3 cm³/mol. The second-order valence-electron chi connectivity index (χ2n) is 5.54. The molecule has 1 atom stereocenters. The zero-order chi connectivity index (χ0) is 14.5. The highest BCUT2D eigenvalue weighted by Crippen LogP contribution is 2.38. The van der Waals surface area contributed by atoms with Gasteiger partial charge in [0.1, 0.15) is 0 Å². The fourth-order valence-electron chi connectivity index (χ4n) is 2.84. The molecule has 2 rings (SSSR count). The number of thioether (sulfide) groups is 1. The number of benzene rings is 1. The molecule has 0 saturated heterocycles. The number of halogens is 1. The molecule has 0 aromatic heterocycles. The number of carbonyl (C=O) groups is 1. The fourth-order valence-corrected chi connectivity index (χ4v) is 3.94. The highest BCUT2D eigenvalue weighted by atomic mass is 35.5. The van der Waals surface area contributed by atoms with E-state index in [1.165, 1.54) is 43.2 Å². The molecule has 0 radical (unpaired) electrons. The van der Waals surface area contributed by atoms with E-state index in [1.807, 2.05) is 0 Å². The van der Waals surface area contributed by atoms with Crippen molar-refractivity contribution in [2.75, 3.05) is 5.75 Å². The van der Waals surface area contributed by atoms with Crippen LogP contribution in [0.2, 0.25) is 5.02 Å². The van der Waals surface area contributed by atoms with E-state index < -0.39 is 0 Å². The molecule has 0 spiro atoms. The first-order chi connectivity index (χ1) is 9.58. The SMILES string of the molecule is CC(SCC(N)=O)c1ccc(C2CCCCC2)c(Cl)c1. The van der Waals surface area contributed by atoms with Crippen molar-refractivity contribution in [2.45, 2.75) is 50.2 Å². The molecule has 0 aliphatic heterocycles. The smallest absolute Gasteiger partial charge is 0.227 e.